The first-order valence-electron chi connectivity index (χ1n) is 4.04. The van der Waals surface area contributed by atoms with E-state index in [4.69, 9.17) is 0 Å². The van der Waals surface area contributed by atoms with E-state index in [-0.39, 0.29) is 11.9 Å². The van der Waals surface area contributed by atoms with Gasteiger partial charge < -0.3 is 10.1 Å². The number of rotatable bonds is 1. The molecular formula is C8H13NO2. The summed E-state index contributed by atoms with van der Waals surface area (Å²) in [5.41, 5.74) is 0.485. The molecular weight excluding hydrogens is 142 g/mol. The van der Waals surface area contributed by atoms with Crippen LogP contribution in [0.2, 0.25) is 0 Å². The van der Waals surface area contributed by atoms with Crippen LogP contribution in [0.5, 0.6) is 0 Å². The van der Waals surface area contributed by atoms with Gasteiger partial charge in [0.15, 0.2) is 0 Å². The summed E-state index contributed by atoms with van der Waals surface area (Å²) in [6.07, 6.45) is 2.07. The van der Waals surface area contributed by atoms with Crippen molar-refractivity contribution in [2.45, 2.75) is 12.8 Å². The maximum Gasteiger partial charge on any atom is 0.308 e. The Labute approximate surface area is 66.1 Å². The fourth-order valence-corrected chi connectivity index (χ4v) is 2.09. The van der Waals surface area contributed by atoms with Crippen molar-refractivity contribution in [1.82, 2.24) is 5.32 Å². The minimum Gasteiger partial charge on any atom is -0.469 e. The third kappa shape index (κ3) is 0.948. The van der Waals surface area contributed by atoms with E-state index in [1.807, 2.05) is 0 Å². The number of carbonyl (C=O) groups excluding carboxylic acids is 1. The smallest absolute Gasteiger partial charge is 0.308 e. The molecule has 0 aromatic rings. The predicted octanol–water partition coefficient (Wildman–Crippen LogP) is 0.159. The van der Waals surface area contributed by atoms with Gasteiger partial charge >= 0.3 is 5.97 Å². The molecule has 2 aliphatic rings. The summed E-state index contributed by atoms with van der Waals surface area (Å²) < 4.78 is 4.66. The highest BCUT2D eigenvalue weighted by atomic mass is 16.5. The van der Waals surface area contributed by atoms with E-state index in [0.29, 0.717) is 5.41 Å². The molecule has 2 fully saturated rings. The summed E-state index contributed by atoms with van der Waals surface area (Å²) >= 11 is 0. The molecule has 0 amide bonds. The Morgan fingerprint density at radius 2 is 2.18 bits per heavy atom. The highest BCUT2D eigenvalue weighted by Crippen LogP contribution is 2.48. The molecule has 3 heteroatoms. The molecule has 0 aromatic heterocycles. The van der Waals surface area contributed by atoms with E-state index in [0.717, 1.165) is 25.9 Å². The van der Waals surface area contributed by atoms with Gasteiger partial charge in [-0.25, -0.2) is 0 Å². The average molecular weight is 155 g/mol. The zero-order chi connectivity index (χ0) is 7.90. The van der Waals surface area contributed by atoms with Crippen LogP contribution in [0.4, 0.5) is 0 Å². The van der Waals surface area contributed by atoms with E-state index >= 15 is 0 Å². The summed E-state index contributed by atoms with van der Waals surface area (Å²) in [5, 5.41) is 3.23. The minimum absolute atomic E-state index is 0.0254. The average Bonchev–Trinajstić information content (AvgIpc) is 1.81. The summed E-state index contributed by atoms with van der Waals surface area (Å²) in [4.78, 5) is 11.0. The molecule has 1 spiro atoms. The Morgan fingerprint density at radius 3 is 2.55 bits per heavy atom. The molecule has 0 unspecified atom stereocenters. The van der Waals surface area contributed by atoms with Crippen molar-refractivity contribution in [2.24, 2.45) is 11.3 Å². The van der Waals surface area contributed by atoms with Crippen LogP contribution in [0.15, 0.2) is 0 Å². The van der Waals surface area contributed by atoms with Gasteiger partial charge in [0.05, 0.1) is 13.0 Å². The van der Waals surface area contributed by atoms with Gasteiger partial charge in [0, 0.05) is 13.1 Å². The second kappa shape index (κ2) is 2.21. The zero-order valence-electron chi connectivity index (χ0n) is 6.72. The molecule has 1 aliphatic carbocycles. The standard InChI is InChI=1S/C8H13NO2/c1-11-7(10)6-2-8(3-6)4-9-5-8/h6,9H,2-5H2,1H3. The molecule has 1 heterocycles. The topological polar surface area (TPSA) is 38.3 Å². The summed E-state index contributed by atoms with van der Waals surface area (Å²) in [5.74, 6) is 0.171. The highest BCUT2D eigenvalue weighted by Gasteiger charge is 2.51. The fourth-order valence-electron chi connectivity index (χ4n) is 2.09. The first-order chi connectivity index (χ1) is 5.26. The van der Waals surface area contributed by atoms with Crippen LogP contribution in [0.1, 0.15) is 12.8 Å². The maximum absolute atomic E-state index is 11.0. The first-order valence-corrected chi connectivity index (χ1v) is 4.04. The van der Waals surface area contributed by atoms with Crippen LogP contribution in [-0.2, 0) is 9.53 Å². The molecule has 0 radical (unpaired) electrons. The van der Waals surface area contributed by atoms with Crippen molar-refractivity contribution in [2.75, 3.05) is 20.2 Å². The van der Waals surface area contributed by atoms with E-state index in [1.54, 1.807) is 0 Å². The largest absolute Gasteiger partial charge is 0.469 e. The summed E-state index contributed by atoms with van der Waals surface area (Å²) in [6.45, 7) is 2.20. The molecule has 3 nitrogen and oxygen atoms in total. The number of methoxy groups -OCH3 is 1. The molecule has 62 valence electrons. The molecule has 0 aromatic carbocycles. The van der Waals surface area contributed by atoms with Crippen molar-refractivity contribution >= 4 is 5.97 Å². The lowest BCUT2D eigenvalue weighted by molar-refractivity contribution is -0.156. The van der Waals surface area contributed by atoms with Gasteiger partial charge in [-0.2, -0.15) is 0 Å². The van der Waals surface area contributed by atoms with Crippen molar-refractivity contribution in [3.8, 4) is 0 Å². The van der Waals surface area contributed by atoms with E-state index in [2.05, 4.69) is 10.1 Å². The van der Waals surface area contributed by atoms with Gasteiger partial charge in [0.2, 0.25) is 0 Å². The molecule has 11 heavy (non-hydrogen) atoms. The third-order valence-corrected chi connectivity index (χ3v) is 2.89. The monoisotopic (exact) mass is 155 g/mol. The number of carbonyl (C=O) groups is 1. The van der Waals surface area contributed by atoms with Crippen molar-refractivity contribution < 1.29 is 9.53 Å². The number of hydrogen-bond acceptors (Lipinski definition) is 3. The van der Waals surface area contributed by atoms with E-state index < -0.39 is 0 Å². The van der Waals surface area contributed by atoms with Crippen LogP contribution in [0.25, 0.3) is 0 Å². The molecule has 1 aliphatic heterocycles. The van der Waals surface area contributed by atoms with Crippen LogP contribution in [0, 0.1) is 11.3 Å². The predicted molar refractivity (Wildman–Crippen MR) is 40.0 cm³/mol. The molecule has 1 saturated carbocycles. The van der Waals surface area contributed by atoms with Gasteiger partial charge in [-0.3, -0.25) is 4.79 Å². The number of esters is 1. The minimum atomic E-state index is -0.0254. The third-order valence-electron chi connectivity index (χ3n) is 2.89. The second-order valence-corrected chi connectivity index (χ2v) is 3.73. The van der Waals surface area contributed by atoms with Crippen LogP contribution < -0.4 is 5.32 Å². The zero-order valence-corrected chi connectivity index (χ0v) is 6.72. The molecule has 1 N–H and O–H groups in total. The SMILES string of the molecule is COC(=O)C1CC2(CNC2)C1. The number of hydrogen-bond donors (Lipinski definition) is 1. The van der Waals surface area contributed by atoms with Gasteiger partial charge in [-0.05, 0) is 18.3 Å². The lowest BCUT2D eigenvalue weighted by atomic mass is 9.58. The van der Waals surface area contributed by atoms with Crippen LogP contribution in [-0.4, -0.2) is 26.2 Å². The molecule has 1 saturated heterocycles. The van der Waals surface area contributed by atoms with Crippen LogP contribution >= 0.6 is 0 Å². The quantitative estimate of drug-likeness (QED) is 0.548. The lowest BCUT2D eigenvalue weighted by Gasteiger charge is -2.53. The first kappa shape index (κ1) is 7.10. The number of nitrogens with one attached hydrogen (secondary N) is 1. The Bertz CT molecular complexity index is 179. The summed E-state index contributed by atoms with van der Waals surface area (Å²) in [6, 6.07) is 0. The molecule has 0 bridgehead atoms. The normalized spacial score (nSPS) is 27.4. The second-order valence-electron chi connectivity index (χ2n) is 3.73. The Hall–Kier alpha value is -0.570. The number of ether oxygens (including phenoxy) is 1. The maximum atomic E-state index is 11.0. The van der Waals surface area contributed by atoms with Crippen molar-refractivity contribution in [1.29, 1.82) is 0 Å². The summed E-state index contributed by atoms with van der Waals surface area (Å²) in [7, 11) is 1.46. The lowest BCUT2D eigenvalue weighted by Crippen LogP contribution is -2.61. The Balaban J connectivity index is 1.83. The highest BCUT2D eigenvalue weighted by molar-refractivity contribution is 5.73. The van der Waals surface area contributed by atoms with Crippen molar-refractivity contribution in [3.05, 3.63) is 0 Å². The van der Waals surface area contributed by atoms with E-state index in [9.17, 15) is 4.79 Å². The van der Waals surface area contributed by atoms with Gasteiger partial charge in [0.25, 0.3) is 0 Å². The van der Waals surface area contributed by atoms with Gasteiger partial charge in [0.1, 0.15) is 0 Å². The van der Waals surface area contributed by atoms with Gasteiger partial charge in [-0.15, -0.1) is 0 Å². The van der Waals surface area contributed by atoms with Crippen molar-refractivity contribution in [3.63, 3.8) is 0 Å². The fraction of sp³-hybridized carbons (Fsp3) is 0.875. The van der Waals surface area contributed by atoms with Crippen LogP contribution in [0.3, 0.4) is 0 Å². The Kier molecular flexibility index (Phi) is 1.42. The molecule has 2 rings (SSSR count). The molecule has 0 atom stereocenters. The van der Waals surface area contributed by atoms with E-state index in [1.165, 1.54) is 7.11 Å². The van der Waals surface area contributed by atoms with Gasteiger partial charge in [-0.1, -0.05) is 0 Å². The Morgan fingerprint density at radius 1 is 1.55 bits per heavy atom.